The van der Waals surface area contributed by atoms with E-state index >= 15 is 0 Å². The standard InChI is InChI=1S/C16H17BrClN/c17-10-11-19(12-14-4-2-1-3-5-14)13-15-6-8-16(18)9-7-15/h1-9H,10-13H2. The summed E-state index contributed by atoms with van der Waals surface area (Å²) in [6.45, 7) is 2.93. The van der Waals surface area contributed by atoms with Crippen LogP contribution in [0.4, 0.5) is 0 Å². The first kappa shape index (κ1) is 14.6. The molecular weight excluding hydrogens is 322 g/mol. The molecule has 0 aliphatic heterocycles. The molecule has 0 saturated heterocycles. The van der Waals surface area contributed by atoms with E-state index in [2.05, 4.69) is 63.3 Å². The maximum atomic E-state index is 5.92. The van der Waals surface area contributed by atoms with Crippen molar-refractivity contribution >= 4 is 27.5 Å². The average molecular weight is 339 g/mol. The molecule has 0 N–H and O–H groups in total. The summed E-state index contributed by atoms with van der Waals surface area (Å²) in [6.07, 6.45) is 0. The Labute approximate surface area is 128 Å². The van der Waals surface area contributed by atoms with Gasteiger partial charge in [0.15, 0.2) is 0 Å². The van der Waals surface area contributed by atoms with Crippen LogP contribution in [0.25, 0.3) is 0 Å². The molecule has 0 aliphatic carbocycles. The molecule has 2 rings (SSSR count). The minimum Gasteiger partial charge on any atom is -0.294 e. The van der Waals surface area contributed by atoms with Gasteiger partial charge in [0.1, 0.15) is 0 Å². The fourth-order valence-electron chi connectivity index (χ4n) is 2.02. The molecule has 0 spiro atoms. The number of nitrogens with zero attached hydrogens (tertiary/aromatic N) is 1. The van der Waals surface area contributed by atoms with Crippen molar-refractivity contribution in [3.8, 4) is 0 Å². The van der Waals surface area contributed by atoms with Gasteiger partial charge >= 0.3 is 0 Å². The molecule has 0 amide bonds. The van der Waals surface area contributed by atoms with Gasteiger partial charge in [-0.2, -0.15) is 0 Å². The van der Waals surface area contributed by atoms with Gasteiger partial charge in [0, 0.05) is 30.0 Å². The SMILES string of the molecule is Clc1ccc(CN(CCBr)Cc2ccccc2)cc1. The van der Waals surface area contributed by atoms with Crippen molar-refractivity contribution in [1.82, 2.24) is 4.90 Å². The fourth-order valence-corrected chi connectivity index (χ4v) is 2.65. The van der Waals surface area contributed by atoms with E-state index in [-0.39, 0.29) is 0 Å². The maximum absolute atomic E-state index is 5.92. The molecule has 0 radical (unpaired) electrons. The number of alkyl halides is 1. The minimum absolute atomic E-state index is 0.791. The van der Waals surface area contributed by atoms with Crippen molar-refractivity contribution in [2.75, 3.05) is 11.9 Å². The van der Waals surface area contributed by atoms with Crippen LogP contribution < -0.4 is 0 Å². The summed E-state index contributed by atoms with van der Waals surface area (Å²) >= 11 is 9.44. The zero-order chi connectivity index (χ0) is 13.5. The molecule has 0 aliphatic rings. The molecule has 2 aromatic rings. The number of rotatable bonds is 6. The van der Waals surface area contributed by atoms with E-state index in [0.717, 1.165) is 30.0 Å². The second-order valence-electron chi connectivity index (χ2n) is 4.51. The van der Waals surface area contributed by atoms with Crippen molar-refractivity contribution in [3.05, 3.63) is 70.7 Å². The largest absolute Gasteiger partial charge is 0.294 e. The van der Waals surface area contributed by atoms with Crippen molar-refractivity contribution in [3.63, 3.8) is 0 Å². The number of halogens is 2. The van der Waals surface area contributed by atoms with Crippen LogP contribution in [-0.4, -0.2) is 16.8 Å². The summed E-state index contributed by atoms with van der Waals surface area (Å²) in [7, 11) is 0. The summed E-state index contributed by atoms with van der Waals surface area (Å²) in [6, 6.07) is 18.7. The lowest BCUT2D eigenvalue weighted by Crippen LogP contribution is -2.24. The molecule has 0 unspecified atom stereocenters. The van der Waals surface area contributed by atoms with E-state index in [0.29, 0.717) is 0 Å². The van der Waals surface area contributed by atoms with Gasteiger partial charge in [-0.25, -0.2) is 0 Å². The van der Waals surface area contributed by atoms with Gasteiger partial charge in [-0.15, -0.1) is 0 Å². The zero-order valence-electron chi connectivity index (χ0n) is 10.7. The smallest absolute Gasteiger partial charge is 0.0406 e. The van der Waals surface area contributed by atoms with E-state index < -0.39 is 0 Å². The highest BCUT2D eigenvalue weighted by Crippen LogP contribution is 2.13. The van der Waals surface area contributed by atoms with Gasteiger partial charge in [-0.05, 0) is 23.3 Å². The number of hydrogen-bond donors (Lipinski definition) is 0. The van der Waals surface area contributed by atoms with Crippen LogP contribution in [0.15, 0.2) is 54.6 Å². The summed E-state index contributed by atoms with van der Waals surface area (Å²) in [5.41, 5.74) is 2.64. The quantitative estimate of drug-likeness (QED) is 0.688. The van der Waals surface area contributed by atoms with E-state index in [1.54, 1.807) is 0 Å². The second-order valence-corrected chi connectivity index (χ2v) is 5.74. The second kappa shape index (κ2) is 7.68. The molecule has 100 valence electrons. The maximum Gasteiger partial charge on any atom is 0.0406 e. The normalized spacial score (nSPS) is 10.9. The lowest BCUT2D eigenvalue weighted by atomic mass is 10.1. The highest BCUT2D eigenvalue weighted by atomic mass is 79.9. The molecule has 19 heavy (non-hydrogen) atoms. The molecule has 0 bridgehead atoms. The minimum atomic E-state index is 0.791. The third-order valence-electron chi connectivity index (χ3n) is 2.97. The van der Waals surface area contributed by atoms with Gasteiger partial charge in [-0.3, -0.25) is 4.90 Å². The Morgan fingerprint density at radius 1 is 0.842 bits per heavy atom. The van der Waals surface area contributed by atoms with Crippen LogP contribution in [0.3, 0.4) is 0 Å². The zero-order valence-corrected chi connectivity index (χ0v) is 13.1. The van der Waals surface area contributed by atoms with Crippen molar-refractivity contribution in [2.45, 2.75) is 13.1 Å². The van der Waals surface area contributed by atoms with Crippen LogP contribution in [0.5, 0.6) is 0 Å². The third kappa shape index (κ3) is 4.98. The first-order valence-electron chi connectivity index (χ1n) is 6.34. The fraction of sp³-hybridized carbons (Fsp3) is 0.250. The Bertz CT molecular complexity index is 484. The van der Waals surface area contributed by atoms with Crippen LogP contribution >= 0.6 is 27.5 Å². The molecule has 3 heteroatoms. The lowest BCUT2D eigenvalue weighted by molar-refractivity contribution is 0.274. The Balaban J connectivity index is 2.01. The molecule has 2 aromatic carbocycles. The molecule has 0 fully saturated rings. The van der Waals surface area contributed by atoms with E-state index in [9.17, 15) is 0 Å². The molecule has 1 nitrogen and oxygen atoms in total. The summed E-state index contributed by atoms with van der Waals surface area (Å²) in [4.78, 5) is 2.42. The molecule has 0 aromatic heterocycles. The van der Waals surface area contributed by atoms with Crippen LogP contribution in [-0.2, 0) is 13.1 Å². The summed E-state index contributed by atoms with van der Waals surface area (Å²) in [5.74, 6) is 0. The van der Waals surface area contributed by atoms with Crippen LogP contribution in [0.1, 0.15) is 11.1 Å². The van der Waals surface area contributed by atoms with Gasteiger partial charge < -0.3 is 0 Å². The molecular formula is C16H17BrClN. The Kier molecular flexibility index (Phi) is 5.90. The molecule has 0 saturated carbocycles. The first-order valence-corrected chi connectivity index (χ1v) is 7.84. The Morgan fingerprint density at radius 3 is 2.00 bits per heavy atom. The lowest BCUT2D eigenvalue weighted by Gasteiger charge is -2.21. The Hall–Kier alpha value is -0.830. The third-order valence-corrected chi connectivity index (χ3v) is 3.58. The first-order chi connectivity index (χ1) is 9.28. The van der Waals surface area contributed by atoms with Crippen molar-refractivity contribution < 1.29 is 0 Å². The predicted octanol–water partition coefficient (Wildman–Crippen LogP) is 4.74. The highest BCUT2D eigenvalue weighted by molar-refractivity contribution is 9.09. The van der Waals surface area contributed by atoms with Gasteiger partial charge in [0.25, 0.3) is 0 Å². The van der Waals surface area contributed by atoms with E-state index in [1.165, 1.54) is 11.1 Å². The van der Waals surface area contributed by atoms with Gasteiger partial charge in [0.05, 0.1) is 0 Å². The summed E-state index contributed by atoms with van der Waals surface area (Å²) in [5, 5.41) is 1.77. The van der Waals surface area contributed by atoms with E-state index in [1.807, 2.05) is 12.1 Å². The molecule has 0 atom stereocenters. The van der Waals surface area contributed by atoms with Crippen molar-refractivity contribution in [2.24, 2.45) is 0 Å². The van der Waals surface area contributed by atoms with Gasteiger partial charge in [-0.1, -0.05) is 70.0 Å². The highest BCUT2D eigenvalue weighted by Gasteiger charge is 2.06. The van der Waals surface area contributed by atoms with Crippen LogP contribution in [0, 0.1) is 0 Å². The van der Waals surface area contributed by atoms with E-state index in [4.69, 9.17) is 11.6 Å². The number of hydrogen-bond acceptors (Lipinski definition) is 1. The van der Waals surface area contributed by atoms with Crippen LogP contribution in [0.2, 0.25) is 5.02 Å². The monoisotopic (exact) mass is 337 g/mol. The summed E-state index contributed by atoms with van der Waals surface area (Å²) < 4.78 is 0. The molecule has 0 heterocycles. The predicted molar refractivity (Wildman–Crippen MR) is 85.8 cm³/mol. The average Bonchev–Trinajstić information content (AvgIpc) is 2.43. The number of benzene rings is 2. The topological polar surface area (TPSA) is 3.24 Å². The Morgan fingerprint density at radius 2 is 1.42 bits per heavy atom. The van der Waals surface area contributed by atoms with Gasteiger partial charge in [0.2, 0.25) is 0 Å². The van der Waals surface area contributed by atoms with Crippen molar-refractivity contribution in [1.29, 1.82) is 0 Å².